The van der Waals surface area contributed by atoms with Gasteiger partial charge >= 0.3 is 0 Å². The molecule has 0 aliphatic carbocycles. The van der Waals surface area contributed by atoms with Crippen LogP contribution in [0.5, 0.6) is 0 Å². The highest BCUT2D eigenvalue weighted by Gasteiger charge is 2.26. The third kappa shape index (κ3) is 4.29. The van der Waals surface area contributed by atoms with Crippen LogP contribution < -0.4 is 10.6 Å². The summed E-state index contributed by atoms with van der Waals surface area (Å²) in [5, 5.41) is 6.53. The predicted octanol–water partition coefficient (Wildman–Crippen LogP) is 1.17. The molecule has 3 rings (SSSR count). The first-order valence-corrected chi connectivity index (χ1v) is 8.08. The minimum atomic E-state index is 0.188. The zero-order valence-electron chi connectivity index (χ0n) is 12.6. The quantitative estimate of drug-likeness (QED) is 0.854. The molecule has 2 aliphatic rings. The zero-order valence-corrected chi connectivity index (χ0v) is 12.6. The minimum absolute atomic E-state index is 0.188. The maximum Gasteiger partial charge on any atom is 0.221 e. The molecule has 0 aromatic heterocycles. The van der Waals surface area contributed by atoms with Crippen LogP contribution in [-0.4, -0.2) is 49.1 Å². The molecular formula is C17H25N3O. The van der Waals surface area contributed by atoms with Crippen molar-refractivity contribution in [1.29, 1.82) is 0 Å². The van der Waals surface area contributed by atoms with E-state index in [1.165, 1.54) is 31.5 Å². The van der Waals surface area contributed by atoms with Gasteiger partial charge in [-0.2, -0.15) is 0 Å². The second kappa shape index (κ2) is 7.05. The van der Waals surface area contributed by atoms with Crippen molar-refractivity contribution >= 4 is 5.91 Å². The van der Waals surface area contributed by atoms with Gasteiger partial charge in [-0.1, -0.05) is 30.3 Å². The van der Waals surface area contributed by atoms with E-state index in [1.54, 1.807) is 0 Å². The fraction of sp³-hybridized carbons (Fsp3) is 0.588. The molecule has 1 unspecified atom stereocenters. The van der Waals surface area contributed by atoms with Crippen molar-refractivity contribution in [2.75, 3.05) is 26.2 Å². The fourth-order valence-electron chi connectivity index (χ4n) is 3.31. The number of nitrogens with zero attached hydrogens (tertiary/aromatic N) is 1. The lowest BCUT2D eigenvalue weighted by Gasteiger charge is -2.33. The van der Waals surface area contributed by atoms with Crippen LogP contribution in [0.2, 0.25) is 0 Å². The number of hydrogen-bond acceptors (Lipinski definition) is 3. The van der Waals surface area contributed by atoms with Crippen molar-refractivity contribution in [2.24, 2.45) is 0 Å². The van der Waals surface area contributed by atoms with E-state index in [1.807, 2.05) is 0 Å². The molecule has 2 N–H and O–H groups in total. The number of nitrogens with one attached hydrogen (secondary N) is 2. The highest BCUT2D eigenvalue weighted by atomic mass is 16.1. The summed E-state index contributed by atoms with van der Waals surface area (Å²) in [6, 6.07) is 11.6. The molecule has 2 aliphatic heterocycles. The SMILES string of the molecule is O=C1CC(NC2CCN(CCc3ccccc3)CC2)CN1. The van der Waals surface area contributed by atoms with Crippen LogP contribution >= 0.6 is 0 Å². The summed E-state index contributed by atoms with van der Waals surface area (Å²) in [6.45, 7) is 4.28. The average Bonchev–Trinajstić information content (AvgIpc) is 2.93. The van der Waals surface area contributed by atoms with Crippen LogP contribution in [0.25, 0.3) is 0 Å². The Labute approximate surface area is 126 Å². The van der Waals surface area contributed by atoms with Crippen LogP contribution in [-0.2, 0) is 11.2 Å². The molecule has 2 saturated heterocycles. The van der Waals surface area contributed by atoms with E-state index >= 15 is 0 Å². The van der Waals surface area contributed by atoms with Gasteiger partial charge in [0.1, 0.15) is 0 Å². The van der Waals surface area contributed by atoms with Crippen LogP contribution in [0.1, 0.15) is 24.8 Å². The van der Waals surface area contributed by atoms with Gasteiger partial charge in [-0.05, 0) is 37.9 Å². The molecule has 4 heteroatoms. The van der Waals surface area contributed by atoms with Crippen LogP contribution in [0, 0.1) is 0 Å². The number of rotatable bonds is 5. The average molecular weight is 287 g/mol. The molecule has 0 spiro atoms. The van der Waals surface area contributed by atoms with Gasteiger partial charge in [0, 0.05) is 31.6 Å². The normalized spacial score (nSPS) is 24.2. The Morgan fingerprint density at radius 2 is 1.90 bits per heavy atom. The number of amides is 1. The van der Waals surface area contributed by atoms with Crippen molar-refractivity contribution < 1.29 is 4.79 Å². The summed E-state index contributed by atoms with van der Waals surface area (Å²) in [4.78, 5) is 13.8. The number of carbonyl (C=O) groups excluding carboxylic acids is 1. The van der Waals surface area contributed by atoms with Crippen LogP contribution in [0.4, 0.5) is 0 Å². The molecule has 2 heterocycles. The van der Waals surface area contributed by atoms with E-state index in [9.17, 15) is 4.79 Å². The topological polar surface area (TPSA) is 44.4 Å². The molecular weight excluding hydrogens is 262 g/mol. The van der Waals surface area contributed by atoms with Gasteiger partial charge in [0.05, 0.1) is 0 Å². The summed E-state index contributed by atoms with van der Waals surface area (Å²) in [7, 11) is 0. The van der Waals surface area contributed by atoms with Crippen molar-refractivity contribution in [3.05, 3.63) is 35.9 Å². The molecule has 1 aromatic carbocycles. The first-order chi connectivity index (χ1) is 10.3. The fourth-order valence-corrected chi connectivity index (χ4v) is 3.31. The first-order valence-electron chi connectivity index (χ1n) is 8.08. The molecule has 2 fully saturated rings. The highest BCUT2D eigenvalue weighted by molar-refractivity contribution is 5.78. The first kappa shape index (κ1) is 14.5. The monoisotopic (exact) mass is 287 g/mol. The molecule has 114 valence electrons. The summed E-state index contributed by atoms with van der Waals surface area (Å²) >= 11 is 0. The number of benzene rings is 1. The van der Waals surface area contributed by atoms with Gasteiger partial charge < -0.3 is 15.5 Å². The number of piperidine rings is 1. The Morgan fingerprint density at radius 1 is 1.14 bits per heavy atom. The lowest BCUT2D eigenvalue weighted by molar-refractivity contribution is -0.119. The summed E-state index contributed by atoms with van der Waals surface area (Å²) in [5.41, 5.74) is 1.42. The van der Waals surface area contributed by atoms with Crippen molar-refractivity contribution in [2.45, 2.75) is 37.8 Å². The van der Waals surface area contributed by atoms with Gasteiger partial charge in [-0.25, -0.2) is 0 Å². The maximum atomic E-state index is 11.2. The molecule has 21 heavy (non-hydrogen) atoms. The Balaban J connectivity index is 1.36. The predicted molar refractivity (Wildman–Crippen MR) is 84.2 cm³/mol. The second-order valence-corrected chi connectivity index (χ2v) is 6.22. The lowest BCUT2D eigenvalue weighted by atomic mass is 10.0. The van der Waals surface area contributed by atoms with Gasteiger partial charge in [0.2, 0.25) is 5.91 Å². The van der Waals surface area contributed by atoms with Gasteiger partial charge in [0.15, 0.2) is 0 Å². The Morgan fingerprint density at radius 3 is 2.57 bits per heavy atom. The molecule has 0 bridgehead atoms. The van der Waals surface area contributed by atoms with E-state index in [0.717, 1.165) is 19.5 Å². The third-order valence-electron chi connectivity index (χ3n) is 4.60. The standard InChI is InChI=1S/C17H25N3O/c21-17-12-16(13-18-17)19-15-7-10-20(11-8-15)9-6-14-4-2-1-3-5-14/h1-5,15-16,19H,6-13H2,(H,18,21). The smallest absolute Gasteiger partial charge is 0.221 e. The van der Waals surface area contributed by atoms with Crippen LogP contribution in [0.3, 0.4) is 0 Å². The number of hydrogen-bond donors (Lipinski definition) is 2. The molecule has 1 atom stereocenters. The maximum absolute atomic E-state index is 11.2. The van der Waals surface area contributed by atoms with Gasteiger partial charge in [-0.15, -0.1) is 0 Å². The molecule has 4 nitrogen and oxygen atoms in total. The lowest BCUT2D eigenvalue weighted by Crippen LogP contribution is -2.47. The van der Waals surface area contributed by atoms with Gasteiger partial charge in [0.25, 0.3) is 0 Å². The van der Waals surface area contributed by atoms with Crippen molar-refractivity contribution in [3.63, 3.8) is 0 Å². The summed E-state index contributed by atoms with van der Waals surface area (Å²) < 4.78 is 0. The van der Waals surface area contributed by atoms with Crippen molar-refractivity contribution in [3.8, 4) is 0 Å². The third-order valence-corrected chi connectivity index (χ3v) is 4.60. The zero-order chi connectivity index (χ0) is 14.5. The van der Waals surface area contributed by atoms with E-state index in [-0.39, 0.29) is 5.91 Å². The Hall–Kier alpha value is -1.39. The highest BCUT2D eigenvalue weighted by Crippen LogP contribution is 2.13. The van der Waals surface area contributed by atoms with Gasteiger partial charge in [-0.3, -0.25) is 4.79 Å². The Bertz CT molecular complexity index is 454. The van der Waals surface area contributed by atoms with Crippen molar-refractivity contribution in [1.82, 2.24) is 15.5 Å². The molecule has 0 radical (unpaired) electrons. The largest absolute Gasteiger partial charge is 0.354 e. The molecule has 1 aromatic rings. The van der Waals surface area contributed by atoms with E-state index in [2.05, 4.69) is 45.9 Å². The summed E-state index contributed by atoms with van der Waals surface area (Å²) in [6.07, 6.45) is 4.17. The van der Waals surface area contributed by atoms with E-state index < -0.39 is 0 Å². The second-order valence-electron chi connectivity index (χ2n) is 6.22. The van der Waals surface area contributed by atoms with Crippen LogP contribution in [0.15, 0.2) is 30.3 Å². The van der Waals surface area contributed by atoms with E-state index in [4.69, 9.17) is 0 Å². The number of carbonyl (C=O) groups is 1. The minimum Gasteiger partial charge on any atom is -0.354 e. The van der Waals surface area contributed by atoms with E-state index in [0.29, 0.717) is 18.5 Å². The molecule has 1 amide bonds. The Kier molecular flexibility index (Phi) is 4.88. The number of likely N-dealkylation sites (tertiary alicyclic amines) is 1. The molecule has 0 saturated carbocycles. The summed E-state index contributed by atoms with van der Waals surface area (Å²) in [5.74, 6) is 0.188.